The molecule has 1 saturated heterocycles. The summed E-state index contributed by atoms with van der Waals surface area (Å²) in [4.78, 5) is 27.2. The average molecular weight is 364 g/mol. The van der Waals surface area contributed by atoms with Crippen molar-refractivity contribution in [2.24, 2.45) is 0 Å². The first-order valence-electron chi connectivity index (χ1n) is 9.45. The second-order valence-electron chi connectivity index (χ2n) is 7.49. The molecule has 0 aliphatic carbocycles. The highest BCUT2D eigenvalue weighted by atomic mass is 16.5. The lowest BCUT2D eigenvalue weighted by Crippen LogP contribution is -2.58. The van der Waals surface area contributed by atoms with E-state index >= 15 is 0 Å². The number of fused-ring (bicyclic) bond motifs is 1. The van der Waals surface area contributed by atoms with Crippen molar-refractivity contribution in [1.29, 1.82) is 0 Å². The van der Waals surface area contributed by atoms with Crippen LogP contribution in [0.4, 0.5) is 0 Å². The van der Waals surface area contributed by atoms with Gasteiger partial charge in [-0.2, -0.15) is 0 Å². The van der Waals surface area contributed by atoms with Crippen LogP contribution in [-0.2, 0) is 11.2 Å². The summed E-state index contributed by atoms with van der Waals surface area (Å²) in [7, 11) is 0. The fourth-order valence-corrected chi connectivity index (χ4v) is 3.97. The maximum atomic E-state index is 12.9. The van der Waals surface area contributed by atoms with Gasteiger partial charge in [-0.15, -0.1) is 0 Å². The zero-order valence-electron chi connectivity index (χ0n) is 15.5. The van der Waals surface area contributed by atoms with Crippen LogP contribution in [0.25, 0.3) is 0 Å². The Morgan fingerprint density at radius 3 is 2.81 bits per heavy atom. The van der Waals surface area contributed by atoms with Gasteiger partial charge in [-0.1, -0.05) is 36.4 Å². The van der Waals surface area contributed by atoms with E-state index in [-0.39, 0.29) is 11.8 Å². The van der Waals surface area contributed by atoms with Crippen molar-refractivity contribution in [3.63, 3.8) is 0 Å². The molecule has 2 aromatic carbocycles. The predicted octanol–water partition coefficient (Wildman–Crippen LogP) is 2.72. The first kappa shape index (κ1) is 17.6. The molecular formula is C22H24N2O3. The molecule has 2 heterocycles. The smallest absolute Gasteiger partial charge is 0.255 e. The van der Waals surface area contributed by atoms with Gasteiger partial charge in [0.15, 0.2) is 0 Å². The maximum absolute atomic E-state index is 12.9. The third-order valence-corrected chi connectivity index (χ3v) is 5.52. The van der Waals surface area contributed by atoms with Crippen molar-refractivity contribution in [1.82, 2.24) is 10.2 Å². The van der Waals surface area contributed by atoms with Gasteiger partial charge in [0.25, 0.3) is 5.91 Å². The monoisotopic (exact) mass is 364 g/mol. The van der Waals surface area contributed by atoms with E-state index in [1.807, 2.05) is 54.3 Å². The highest BCUT2D eigenvalue weighted by Crippen LogP contribution is 2.32. The second-order valence-corrected chi connectivity index (χ2v) is 7.49. The van der Waals surface area contributed by atoms with E-state index in [1.165, 1.54) is 0 Å². The molecule has 27 heavy (non-hydrogen) atoms. The molecule has 5 nitrogen and oxygen atoms in total. The molecule has 1 N–H and O–H groups in total. The Hall–Kier alpha value is -2.82. The summed E-state index contributed by atoms with van der Waals surface area (Å²) in [6.45, 7) is 3.66. The van der Waals surface area contributed by atoms with E-state index < -0.39 is 5.60 Å². The first-order chi connectivity index (χ1) is 13.1. The van der Waals surface area contributed by atoms with E-state index in [1.54, 1.807) is 6.07 Å². The number of piperidine rings is 1. The van der Waals surface area contributed by atoms with Gasteiger partial charge in [0, 0.05) is 6.54 Å². The molecule has 2 amide bonds. The summed E-state index contributed by atoms with van der Waals surface area (Å²) in [6.07, 6.45) is 2.07. The topological polar surface area (TPSA) is 58.6 Å². The van der Waals surface area contributed by atoms with Crippen LogP contribution < -0.4 is 10.1 Å². The molecule has 2 aliphatic rings. The van der Waals surface area contributed by atoms with Crippen molar-refractivity contribution in [3.8, 4) is 5.75 Å². The van der Waals surface area contributed by atoms with E-state index in [2.05, 4.69) is 5.32 Å². The largest absolute Gasteiger partial charge is 0.483 e. The van der Waals surface area contributed by atoms with Crippen LogP contribution in [-0.4, -0.2) is 41.9 Å². The number of aryl methyl sites for hydroxylation is 1. The number of ether oxygens (including phenoxy) is 1. The normalized spacial score (nSPS) is 21.8. The summed E-state index contributed by atoms with van der Waals surface area (Å²) in [6, 6.07) is 15.3. The van der Waals surface area contributed by atoms with E-state index in [0.717, 1.165) is 30.5 Å². The first-order valence-corrected chi connectivity index (χ1v) is 9.45. The Labute approximate surface area is 159 Å². The minimum Gasteiger partial charge on any atom is -0.483 e. The van der Waals surface area contributed by atoms with Gasteiger partial charge in [0.1, 0.15) is 11.4 Å². The van der Waals surface area contributed by atoms with Crippen LogP contribution in [0.2, 0.25) is 0 Å². The molecule has 140 valence electrons. The lowest BCUT2D eigenvalue weighted by atomic mass is 9.91. The number of carbonyl (C=O) groups excluding carboxylic acids is 2. The number of para-hydroxylation sites is 1. The summed E-state index contributed by atoms with van der Waals surface area (Å²) >= 11 is 0. The van der Waals surface area contributed by atoms with Crippen LogP contribution in [0.15, 0.2) is 48.5 Å². The van der Waals surface area contributed by atoms with E-state index in [0.29, 0.717) is 30.8 Å². The molecule has 1 fully saturated rings. The molecule has 1 atom stereocenters. The zero-order chi connectivity index (χ0) is 18.9. The highest BCUT2D eigenvalue weighted by molar-refractivity contribution is 5.97. The molecule has 5 heteroatoms. The number of hydrogen-bond donors (Lipinski definition) is 1. The minimum atomic E-state index is -0.568. The van der Waals surface area contributed by atoms with Crippen LogP contribution in [0, 0.1) is 6.92 Å². The Balaban J connectivity index is 1.53. The number of carbonyl (C=O) groups is 2. The van der Waals surface area contributed by atoms with E-state index in [4.69, 9.17) is 4.74 Å². The Kier molecular flexibility index (Phi) is 4.60. The van der Waals surface area contributed by atoms with Gasteiger partial charge in [0.2, 0.25) is 5.91 Å². The second kappa shape index (κ2) is 7.06. The van der Waals surface area contributed by atoms with Crippen molar-refractivity contribution in [2.45, 2.75) is 31.8 Å². The summed E-state index contributed by atoms with van der Waals surface area (Å²) in [5, 5.41) is 2.98. The van der Waals surface area contributed by atoms with Crippen LogP contribution >= 0.6 is 0 Å². The lowest BCUT2D eigenvalue weighted by Gasteiger charge is -2.42. The van der Waals surface area contributed by atoms with Gasteiger partial charge in [-0.25, -0.2) is 0 Å². The number of likely N-dealkylation sites (tertiary alicyclic amines) is 1. The fourth-order valence-electron chi connectivity index (χ4n) is 3.97. The molecule has 4 rings (SSSR count). The average Bonchev–Trinajstić information content (AvgIpc) is 2.81. The number of nitrogens with zero attached hydrogens (tertiary/aromatic N) is 1. The van der Waals surface area contributed by atoms with Crippen LogP contribution in [0.3, 0.4) is 0 Å². The number of rotatable bonds is 2. The predicted molar refractivity (Wildman–Crippen MR) is 103 cm³/mol. The quantitative estimate of drug-likeness (QED) is 0.891. The third kappa shape index (κ3) is 3.54. The van der Waals surface area contributed by atoms with Crippen molar-refractivity contribution >= 4 is 11.8 Å². The van der Waals surface area contributed by atoms with Crippen molar-refractivity contribution < 1.29 is 14.3 Å². The van der Waals surface area contributed by atoms with Crippen LogP contribution in [0.5, 0.6) is 5.75 Å². The number of hydrogen-bond acceptors (Lipinski definition) is 3. The van der Waals surface area contributed by atoms with Gasteiger partial charge in [-0.3, -0.25) is 9.59 Å². The lowest BCUT2D eigenvalue weighted by molar-refractivity contribution is -0.136. The number of benzene rings is 2. The fraction of sp³-hybridized carbons (Fsp3) is 0.364. The molecule has 2 aliphatic heterocycles. The molecule has 0 radical (unpaired) electrons. The number of nitrogens with one attached hydrogen (secondary N) is 1. The highest BCUT2D eigenvalue weighted by Gasteiger charge is 2.42. The standard InChI is InChI=1S/C22H24N2O3/c1-16-7-2-3-8-17(16)13-20(25)24-12-6-11-22(15-24)14-23-21(26)18-9-4-5-10-19(18)27-22/h2-5,7-10H,6,11-15H2,1H3,(H,23,26). The minimum absolute atomic E-state index is 0.107. The van der Waals surface area contributed by atoms with Gasteiger partial charge >= 0.3 is 0 Å². The molecule has 0 saturated carbocycles. The molecule has 0 bridgehead atoms. The summed E-state index contributed by atoms with van der Waals surface area (Å²) in [5.74, 6) is 0.586. The SMILES string of the molecule is Cc1ccccc1CC(=O)N1CCCC2(CNC(=O)c3ccccc3O2)C1. The van der Waals surface area contributed by atoms with Gasteiger partial charge in [0.05, 0.1) is 25.1 Å². The number of amides is 2. The van der Waals surface area contributed by atoms with Gasteiger partial charge in [-0.05, 0) is 43.0 Å². The zero-order valence-corrected chi connectivity index (χ0v) is 15.5. The van der Waals surface area contributed by atoms with Crippen LogP contribution in [0.1, 0.15) is 34.3 Å². The molecule has 1 unspecified atom stereocenters. The third-order valence-electron chi connectivity index (χ3n) is 5.52. The molecule has 1 spiro atoms. The maximum Gasteiger partial charge on any atom is 0.255 e. The summed E-state index contributed by atoms with van der Waals surface area (Å²) < 4.78 is 6.33. The molecule has 0 aromatic heterocycles. The molecule has 2 aromatic rings. The Morgan fingerprint density at radius 2 is 1.96 bits per heavy atom. The Bertz CT molecular complexity index is 879. The van der Waals surface area contributed by atoms with E-state index in [9.17, 15) is 9.59 Å². The summed E-state index contributed by atoms with van der Waals surface area (Å²) in [5.41, 5.74) is 2.17. The molecular weight excluding hydrogens is 340 g/mol. The van der Waals surface area contributed by atoms with Crippen molar-refractivity contribution in [2.75, 3.05) is 19.6 Å². The Morgan fingerprint density at radius 1 is 1.19 bits per heavy atom. The van der Waals surface area contributed by atoms with Crippen molar-refractivity contribution in [3.05, 3.63) is 65.2 Å². The van der Waals surface area contributed by atoms with Gasteiger partial charge < -0.3 is 15.0 Å².